The van der Waals surface area contributed by atoms with E-state index < -0.39 is 34.7 Å². The lowest BCUT2D eigenvalue weighted by Crippen LogP contribution is -2.43. The van der Waals surface area contributed by atoms with Gasteiger partial charge in [0, 0.05) is 26.1 Å². The summed E-state index contributed by atoms with van der Waals surface area (Å²) in [5.41, 5.74) is 0. The van der Waals surface area contributed by atoms with E-state index in [4.69, 9.17) is 9.47 Å². The summed E-state index contributed by atoms with van der Waals surface area (Å²) in [5.74, 6) is -0.622. The van der Waals surface area contributed by atoms with Crippen LogP contribution in [0.25, 0.3) is 0 Å². The fourth-order valence-corrected chi connectivity index (χ4v) is 5.24. The molecule has 0 aromatic heterocycles. The van der Waals surface area contributed by atoms with Crippen LogP contribution in [-0.4, -0.2) is 80.1 Å². The number of esters is 1. The van der Waals surface area contributed by atoms with Crippen LogP contribution in [0.1, 0.15) is 25.7 Å². The van der Waals surface area contributed by atoms with E-state index in [-0.39, 0.29) is 23.8 Å². The molecule has 9 nitrogen and oxygen atoms in total. The van der Waals surface area contributed by atoms with Gasteiger partial charge in [-0.3, -0.25) is 9.59 Å². The zero-order valence-electron chi connectivity index (χ0n) is 16.3. The third kappa shape index (κ3) is 4.88. The molecule has 3 rings (SSSR count). The number of aliphatic hydroxyl groups is 1. The Bertz CT molecular complexity index is 835. The van der Waals surface area contributed by atoms with Gasteiger partial charge in [0.15, 0.2) is 6.61 Å². The highest BCUT2D eigenvalue weighted by Gasteiger charge is 2.44. The standard InChI is InChI=1S/C19H26N2O7S/c1-27-15-5-7-16(8-6-15)29(25,26)21-12-14(22)11-17(21)19(24)28-13-18(23)20-9-3-2-4-10-20/h5-8,14,17,22H,2-4,9-13H2,1H3/t14-,17+/m1/s1. The number of sulfonamides is 1. The molecule has 29 heavy (non-hydrogen) atoms. The molecule has 2 heterocycles. The van der Waals surface area contributed by atoms with Crippen LogP contribution < -0.4 is 4.74 Å². The molecule has 1 amide bonds. The van der Waals surface area contributed by atoms with Gasteiger partial charge in [0.25, 0.3) is 5.91 Å². The van der Waals surface area contributed by atoms with Crippen molar-refractivity contribution in [2.75, 3.05) is 33.4 Å². The van der Waals surface area contributed by atoms with Crippen molar-refractivity contribution in [3.63, 3.8) is 0 Å². The van der Waals surface area contributed by atoms with E-state index in [1.165, 1.54) is 31.4 Å². The third-order valence-electron chi connectivity index (χ3n) is 5.22. The summed E-state index contributed by atoms with van der Waals surface area (Å²) in [6.45, 7) is 0.628. The molecule has 2 saturated heterocycles. The molecule has 0 spiro atoms. The number of carbonyl (C=O) groups excluding carboxylic acids is 2. The monoisotopic (exact) mass is 426 g/mol. The zero-order chi connectivity index (χ0) is 21.0. The van der Waals surface area contributed by atoms with Crippen LogP contribution in [-0.2, 0) is 24.3 Å². The summed E-state index contributed by atoms with van der Waals surface area (Å²) in [5, 5.41) is 9.98. The summed E-state index contributed by atoms with van der Waals surface area (Å²) < 4.78 is 37.0. The first kappa shape index (κ1) is 21.5. The van der Waals surface area contributed by atoms with Crippen molar-refractivity contribution in [2.45, 2.75) is 42.7 Å². The molecule has 2 aliphatic rings. The molecule has 0 aliphatic carbocycles. The Morgan fingerprint density at radius 3 is 2.41 bits per heavy atom. The summed E-state index contributed by atoms with van der Waals surface area (Å²) in [6, 6.07) is 4.59. The minimum Gasteiger partial charge on any atom is -0.497 e. The van der Waals surface area contributed by atoms with Crippen LogP contribution in [0.2, 0.25) is 0 Å². The predicted octanol–water partition coefficient (Wildman–Crippen LogP) is 0.375. The van der Waals surface area contributed by atoms with Crippen molar-refractivity contribution in [3.8, 4) is 5.75 Å². The maximum absolute atomic E-state index is 13.0. The van der Waals surface area contributed by atoms with Crippen LogP contribution in [0.5, 0.6) is 5.75 Å². The highest BCUT2D eigenvalue weighted by atomic mass is 32.2. The number of amides is 1. The van der Waals surface area contributed by atoms with Gasteiger partial charge in [-0.15, -0.1) is 0 Å². The maximum atomic E-state index is 13.0. The van der Waals surface area contributed by atoms with Crippen molar-refractivity contribution >= 4 is 21.9 Å². The number of piperidine rings is 1. The Kier molecular flexibility index (Phi) is 6.76. The number of rotatable bonds is 6. The number of aliphatic hydroxyl groups excluding tert-OH is 1. The Labute approximate surface area is 170 Å². The molecule has 1 N–H and O–H groups in total. The molecular formula is C19H26N2O7S. The summed E-state index contributed by atoms with van der Waals surface area (Å²) in [7, 11) is -2.56. The van der Waals surface area contributed by atoms with Gasteiger partial charge in [-0.1, -0.05) is 0 Å². The van der Waals surface area contributed by atoms with Gasteiger partial charge in [0.2, 0.25) is 10.0 Å². The average molecular weight is 426 g/mol. The minimum absolute atomic E-state index is 0.0189. The van der Waals surface area contributed by atoms with Crippen molar-refractivity contribution in [1.82, 2.24) is 9.21 Å². The molecule has 1 aromatic carbocycles. The van der Waals surface area contributed by atoms with E-state index in [2.05, 4.69) is 0 Å². The molecule has 0 radical (unpaired) electrons. The van der Waals surface area contributed by atoms with E-state index in [0.717, 1.165) is 23.6 Å². The van der Waals surface area contributed by atoms with E-state index in [1.54, 1.807) is 4.90 Å². The number of ether oxygens (including phenoxy) is 2. The van der Waals surface area contributed by atoms with Crippen LogP contribution in [0.4, 0.5) is 0 Å². The Morgan fingerprint density at radius 2 is 1.79 bits per heavy atom. The van der Waals surface area contributed by atoms with Gasteiger partial charge in [-0.25, -0.2) is 8.42 Å². The van der Waals surface area contributed by atoms with Gasteiger partial charge < -0.3 is 19.5 Å². The molecule has 1 aromatic rings. The maximum Gasteiger partial charge on any atom is 0.325 e. The number of nitrogens with zero attached hydrogens (tertiary/aromatic N) is 2. The highest BCUT2D eigenvalue weighted by Crippen LogP contribution is 2.28. The van der Waals surface area contributed by atoms with Crippen LogP contribution in [0.15, 0.2) is 29.2 Å². The molecule has 0 saturated carbocycles. The molecule has 0 unspecified atom stereocenters. The first-order valence-electron chi connectivity index (χ1n) is 9.61. The second-order valence-corrected chi connectivity index (χ2v) is 9.10. The van der Waals surface area contributed by atoms with Crippen molar-refractivity contribution in [3.05, 3.63) is 24.3 Å². The van der Waals surface area contributed by atoms with Crippen molar-refractivity contribution in [1.29, 1.82) is 0 Å². The summed E-state index contributed by atoms with van der Waals surface area (Å²) >= 11 is 0. The number of hydrogen-bond acceptors (Lipinski definition) is 7. The number of likely N-dealkylation sites (tertiary alicyclic amines) is 1. The fraction of sp³-hybridized carbons (Fsp3) is 0.579. The first-order valence-corrected chi connectivity index (χ1v) is 11.1. The Balaban J connectivity index is 1.68. The van der Waals surface area contributed by atoms with Gasteiger partial charge in [0.1, 0.15) is 11.8 Å². The number of methoxy groups -OCH3 is 1. The zero-order valence-corrected chi connectivity index (χ0v) is 17.1. The Hall–Kier alpha value is -2.17. The van der Waals surface area contributed by atoms with Crippen LogP contribution >= 0.6 is 0 Å². The number of β-amino-alcohol motifs (C(OH)–C–C–N with tert-alkyl or cyclic N) is 1. The van der Waals surface area contributed by atoms with E-state index in [9.17, 15) is 23.1 Å². The van der Waals surface area contributed by atoms with E-state index in [1.807, 2.05) is 0 Å². The quantitative estimate of drug-likeness (QED) is 0.654. The number of carbonyl (C=O) groups is 2. The fourth-order valence-electron chi connectivity index (χ4n) is 3.61. The van der Waals surface area contributed by atoms with Crippen molar-refractivity contribution < 1.29 is 32.6 Å². The molecule has 160 valence electrons. The number of benzene rings is 1. The van der Waals surface area contributed by atoms with Gasteiger partial charge >= 0.3 is 5.97 Å². The van der Waals surface area contributed by atoms with Gasteiger partial charge in [0.05, 0.1) is 18.1 Å². The van der Waals surface area contributed by atoms with Crippen molar-refractivity contribution in [2.24, 2.45) is 0 Å². The first-order chi connectivity index (χ1) is 13.8. The lowest BCUT2D eigenvalue weighted by atomic mass is 10.1. The van der Waals surface area contributed by atoms with E-state index in [0.29, 0.717) is 18.8 Å². The predicted molar refractivity (Wildman–Crippen MR) is 103 cm³/mol. The molecule has 2 aliphatic heterocycles. The lowest BCUT2D eigenvalue weighted by molar-refractivity contribution is -0.155. The smallest absolute Gasteiger partial charge is 0.325 e. The van der Waals surface area contributed by atoms with Crippen LogP contribution in [0, 0.1) is 0 Å². The molecule has 10 heteroatoms. The number of hydrogen-bond donors (Lipinski definition) is 1. The second-order valence-electron chi connectivity index (χ2n) is 7.20. The highest BCUT2D eigenvalue weighted by molar-refractivity contribution is 7.89. The van der Waals surface area contributed by atoms with Crippen LogP contribution in [0.3, 0.4) is 0 Å². The second kappa shape index (κ2) is 9.10. The largest absolute Gasteiger partial charge is 0.497 e. The van der Waals surface area contributed by atoms with Gasteiger partial charge in [-0.05, 0) is 43.5 Å². The summed E-state index contributed by atoms with van der Waals surface area (Å²) in [4.78, 5) is 26.4. The molecule has 2 atom stereocenters. The third-order valence-corrected chi connectivity index (χ3v) is 7.11. The van der Waals surface area contributed by atoms with E-state index >= 15 is 0 Å². The molecular weight excluding hydrogens is 400 g/mol. The molecule has 2 fully saturated rings. The molecule has 0 bridgehead atoms. The van der Waals surface area contributed by atoms with Gasteiger partial charge in [-0.2, -0.15) is 4.31 Å². The normalized spacial score (nSPS) is 23.0. The Morgan fingerprint density at radius 1 is 1.14 bits per heavy atom. The average Bonchev–Trinajstić information content (AvgIpc) is 3.15. The lowest BCUT2D eigenvalue weighted by Gasteiger charge is -2.27. The summed E-state index contributed by atoms with van der Waals surface area (Å²) in [6.07, 6.45) is 1.84. The SMILES string of the molecule is COc1ccc(S(=O)(=O)N2C[C@H](O)C[C@H]2C(=O)OCC(=O)N2CCCCC2)cc1. The topological polar surface area (TPSA) is 113 Å². The minimum atomic E-state index is -4.03.